The standard InChI is InChI=1S/C61H51N5O/c1-37(2)51-34-44(42-24-22-41(23-25-42)40-15-7-6-8-16-40)35-52(38(3)4)58(51)66-55-21-12-11-20-54(55)65-39(5)33-56-48(46-17-9-10-18-47(46)53-19-13-14-32-64(53)56)29-26-43-27-30-49-50-31-28-45(36-62)63-60(50)67-59(49)57(43)61(65)66/h6-25,27-28,30-32,34-35,37-38,48,56H,5,26,29,33H2,1-4H3/q+2. The van der Waals surface area contributed by atoms with E-state index in [4.69, 9.17) is 16.0 Å². The van der Waals surface area contributed by atoms with Crippen LogP contribution in [0.1, 0.15) is 92.3 Å². The highest BCUT2D eigenvalue weighted by Gasteiger charge is 2.44. The van der Waals surface area contributed by atoms with Crippen molar-refractivity contribution in [3.8, 4) is 56.7 Å². The van der Waals surface area contributed by atoms with Gasteiger partial charge in [0.25, 0.3) is 0 Å². The Morgan fingerprint density at radius 1 is 0.716 bits per heavy atom. The molecule has 6 heterocycles. The Morgan fingerprint density at radius 3 is 2.15 bits per heavy atom. The molecule has 0 bridgehead atoms. The van der Waals surface area contributed by atoms with Gasteiger partial charge in [0.1, 0.15) is 28.7 Å². The lowest BCUT2D eigenvalue weighted by Crippen LogP contribution is -2.49. The van der Waals surface area contributed by atoms with Crippen LogP contribution in [-0.2, 0) is 6.42 Å². The average Bonchev–Trinajstić information content (AvgIpc) is 3.91. The van der Waals surface area contributed by atoms with Crippen LogP contribution in [0.15, 0.2) is 175 Å². The van der Waals surface area contributed by atoms with Crippen molar-refractivity contribution in [1.29, 1.82) is 5.26 Å². The number of hydrogen-bond donors (Lipinski definition) is 0. The van der Waals surface area contributed by atoms with Gasteiger partial charge in [-0.2, -0.15) is 19.0 Å². The first-order valence-corrected chi connectivity index (χ1v) is 23.7. The maximum Gasteiger partial charge on any atom is 0.304 e. The second-order valence-electron chi connectivity index (χ2n) is 19.0. The van der Waals surface area contributed by atoms with Gasteiger partial charge in [0.05, 0.1) is 6.42 Å². The topological polar surface area (TPSA) is 62.5 Å². The van der Waals surface area contributed by atoms with Gasteiger partial charge in [-0.15, -0.1) is 0 Å². The number of aromatic nitrogens is 4. The van der Waals surface area contributed by atoms with E-state index in [1.54, 1.807) is 6.07 Å². The van der Waals surface area contributed by atoms with E-state index in [2.05, 4.69) is 199 Å². The van der Waals surface area contributed by atoms with Crippen molar-refractivity contribution in [3.05, 3.63) is 198 Å². The number of rotatable bonds is 5. The van der Waals surface area contributed by atoms with Crippen LogP contribution in [0.25, 0.3) is 89.4 Å². The van der Waals surface area contributed by atoms with Crippen LogP contribution in [-0.4, -0.2) is 9.55 Å². The fourth-order valence-electron chi connectivity index (χ4n) is 11.3. The van der Waals surface area contributed by atoms with Crippen LogP contribution in [0.4, 0.5) is 0 Å². The third-order valence-corrected chi connectivity index (χ3v) is 14.5. The summed E-state index contributed by atoms with van der Waals surface area (Å²) in [6.45, 7) is 14.4. The molecule has 0 fully saturated rings. The summed E-state index contributed by atoms with van der Waals surface area (Å²) in [5, 5.41) is 11.8. The number of hydrogen-bond acceptors (Lipinski definition) is 3. The molecule has 2 aliphatic heterocycles. The van der Waals surface area contributed by atoms with E-state index in [1.807, 2.05) is 6.07 Å². The number of imidazole rings is 1. The van der Waals surface area contributed by atoms with Gasteiger partial charge in [0.2, 0.25) is 11.4 Å². The zero-order chi connectivity index (χ0) is 45.5. The highest BCUT2D eigenvalue weighted by molar-refractivity contribution is 6.09. The molecule has 10 aromatic rings. The summed E-state index contributed by atoms with van der Waals surface area (Å²) < 4.78 is 14.5. The quantitative estimate of drug-likeness (QED) is 0.162. The van der Waals surface area contributed by atoms with E-state index in [-0.39, 0.29) is 23.8 Å². The normalized spacial score (nSPS) is 15.6. The molecule has 0 saturated heterocycles. The second-order valence-corrected chi connectivity index (χ2v) is 19.0. The maximum atomic E-state index is 9.94. The Balaban J connectivity index is 1.16. The lowest BCUT2D eigenvalue weighted by atomic mass is 9.77. The molecular formula is C61H51N5O+2. The number of aryl methyl sites for hydroxylation is 1. The van der Waals surface area contributed by atoms with Crippen molar-refractivity contribution in [1.82, 2.24) is 9.55 Å². The summed E-state index contributed by atoms with van der Waals surface area (Å²) in [5.41, 5.74) is 19.5. The van der Waals surface area contributed by atoms with Crippen molar-refractivity contribution in [2.24, 2.45) is 0 Å². The Hall–Kier alpha value is -7.88. The summed E-state index contributed by atoms with van der Waals surface area (Å²) in [5.74, 6) is 1.62. The smallest absolute Gasteiger partial charge is 0.304 e. The summed E-state index contributed by atoms with van der Waals surface area (Å²) >= 11 is 0. The number of para-hydroxylation sites is 2. The van der Waals surface area contributed by atoms with Crippen LogP contribution >= 0.6 is 0 Å². The van der Waals surface area contributed by atoms with E-state index in [9.17, 15) is 5.26 Å². The molecule has 0 amide bonds. The van der Waals surface area contributed by atoms with Gasteiger partial charge in [-0.25, -0.2) is 4.98 Å². The van der Waals surface area contributed by atoms with Crippen LogP contribution in [0, 0.1) is 11.3 Å². The van der Waals surface area contributed by atoms with E-state index in [1.165, 1.54) is 61.5 Å². The van der Waals surface area contributed by atoms with Gasteiger partial charge >= 0.3 is 5.82 Å². The van der Waals surface area contributed by atoms with E-state index in [0.29, 0.717) is 11.4 Å². The molecule has 2 aliphatic rings. The fraction of sp³-hybridized carbons (Fsp3) is 0.180. The molecule has 324 valence electrons. The number of fused-ring (bicyclic) bond motifs is 15. The SMILES string of the molecule is C=C1CC2C(CCc3ccc4c(oc5nc(C#N)ccc54)c3-c3n(-c4c(C(C)C)cc(-c5ccc(-c6ccccc6)cc5)cc4C(C)C)c4ccccc4[n+]31)c1ccccc1-c1cccc[n+]12. The maximum absolute atomic E-state index is 9.94. The molecule has 0 N–H and O–H groups in total. The van der Waals surface area contributed by atoms with Gasteiger partial charge in [0, 0.05) is 45.5 Å². The van der Waals surface area contributed by atoms with Gasteiger partial charge in [0.15, 0.2) is 28.9 Å². The number of allylic oxidation sites excluding steroid dienone is 1. The van der Waals surface area contributed by atoms with Crippen molar-refractivity contribution >= 4 is 38.8 Å². The Bertz CT molecular complexity index is 3630. The van der Waals surface area contributed by atoms with Crippen molar-refractivity contribution in [2.75, 3.05) is 0 Å². The van der Waals surface area contributed by atoms with Crippen molar-refractivity contribution < 1.29 is 13.6 Å². The highest BCUT2D eigenvalue weighted by Crippen LogP contribution is 2.48. The molecule has 6 heteroatoms. The largest absolute Gasteiger partial charge is 0.437 e. The summed E-state index contributed by atoms with van der Waals surface area (Å²) in [6.07, 6.45) is 4.75. The molecule has 4 aromatic heterocycles. The molecule has 6 nitrogen and oxygen atoms in total. The van der Waals surface area contributed by atoms with Crippen LogP contribution in [0.2, 0.25) is 0 Å². The lowest BCUT2D eigenvalue weighted by molar-refractivity contribution is -0.719. The van der Waals surface area contributed by atoms with Crippen LogP contribution < -0.4 is 9.13 Å². The van der Waals surface area contributed by atoms with Gasteiger partial charge in [-0.3, -0.25) is 0 Å². The lowest BCUT2D eigenvalue weighted by Gasteiger charge is -2.31. The molecule has 0 saturated carbocycles. The van der Waals surface area contributed by atoms with Gasteiger partial charge in [-0.1, -0.05) is 131 Å². The predicted octanol–water partition coefficient (Wildman–Crippen LogP) is 14.4. The van der Waals surface area contributed by atoms with E-state index >= 15 is 0 Å². The third-order valence-electron chi connectivity index (χ3n) is 14.5. The van der Waals surface area contributed by atoms with Crippen LogP contribution in [0.5, 0.6) is 0 Å². The number of nitrogens with zero attached hydrogens (tertiary/aromatic N) is 5. The van der Waals surface area contributed by atoms with Crippen molar-refractivity contribution in [3.63, 3.8) is 0 Å². The molecule has 12 rings (SSSR count). The second kappa shape index (κ2) is 15.9. The summed E-state index contributed by atoms with van der Waals surface area (Å²) in [4.78, 5) is 4.72. The molecule has 0 spiro atoms. The first-order chi connectivity index (χ1) is 32.8. The molecule has 0 aliphatic carbocycles. The van der Waals surface area contributed by atoms with E-state index in [0.717, 1.165) is 63.7 Å². The van der Waals surface area contributed by atoms with Gasteiger partial charge < -0.3 is 4.42 Å². The Labute approximate surface area is 391 Å². The minimum atomic E-state index is 0.135. The first kappa shape index (κ1) is 40.6. The molecule has 67 heavy (non-hydrogen) atoms. The molecule has 6 aromatic carbocycles. The number of benzene rings is 6. The molecular weight excluding hydrogens is 819 g/mol. The monoisotopic (exact) mass is 869 g/mol. The Morgan fingerprint density at radius 2 is 1.39 bits per heavy atom. The minimum Gasteiger partial charge on any atom is -0.437 e. The third kappa shape index (κ3) is 6.48. The number of furan rings is 1. The van der Waals surface area contributed by atoms with Crippen molar-refractivity contribution in [2.45, 2.75) is 70.8 Å². The highest BCUT2D eigenvalue weighted by atomic mass is 16.3. The zero-order valence-corrected chi connectivity index (χ0v) is 38.4. The summed E-state index contributed by atoms with van der Waals surface area (Å²) in [7, 11) is 0. The predicted molar refractivity (Wildman–Crippen MR) is 270 cm³/mol. The van der Waals surface area contributed by atoms with Crippen LogP contribution in [0.3, 0.4) is 0 Å². The number of pyridine rings is 2. The number of nitriles is 1. The summed E-state index contributed by atoms with van der Waals surface area (Å²) in [6, 6.07) is 59.6. The zero-order valence-electron chi connectivity index (χ0n) is 38.4. The fourth-order valence-corrected chi connectivity index (χ4v) is 11.3. The first-order valence-electron chi connectivity index (χ1n) is 23.7. The minimum absolute atomic E-state index is 0.135. The van der Waals surface area contributed by atoms with Gasteiger partial charge in [-0.05, 0) is 107 Å². The molecule has 2 atom stereocenters. The Kier molecular flexibility index (Phi) is 9.65. The van der Waals surface area contributed by atoms with E-state index < -0.39 is 0 Å². The molecule has 0 radical (unpaired) electrons. The molecule has 2 unspecified atom stereocenters. The average molecular weight is 870 g/mol.